The van der Waals surface area contributed by atoms with Crippen LogP contribution in [0.25, 0.3) is 5.69 Å². The molecule has 8 heteroatoms. The van der Waals surface area contributed by atoms with E-state index in [-0.39, 0.29) is 0 Å². The monoisotopic (exact) mass is 311 g/mol. The van der Waals surface area contributed by atoms with Gasteiger partial charge in [0, 0.05) is 26.2 Å². The molecule has 0 radical (unpaired) electrons. The minimum absolute atomic E-state index is 0.579. The number of halogens is 3. The Hall–Kier alpha value is -1.93. The molecule has 2 aromatic rings. The van der Waals surface area contributed by atoms with Crippen LogP contribution in [0.4, 0.5) is 13.2 Å². The number of piperazine rings is 1. The van der Waals surface area contributed by atoms with Crippen LogP contribution >= 0.6 is 0 Å². The molecule has 5 nitrogen and oxygen atoms in total. The van der Waals surface area contributed by atoms with E-state index < -0.39 is 11.7 Å². The number of benzene rings is 1. The van der Waals surface area contributed by atoms with Gasteiger partial charge in [-0.15, -0.1) is 0 Å². The van der Waals surface area contributed by atoms with E-state index in [2.05, 4.69) is 20.3 Å². The van der Waals surface area contributed by atoms with Crippen molar-refractivity contribution in [2.24, 2.45) is 0 Å². The van der Waals surface area contributed by atoms with Gasteiger partial charge in [-0.3, -0.25) is 4.90 Å². The van der Waals surface area contributed by atoms with Crippen molar-refractivity contribution in [3.05, 3.63) is 42.0 Å². The number of hydrogen-bond donors (Lipinski definition) is 1. The van der Waals surface area contributed by atoms with E-state index in [1.807, 2.05) is 0 Å². The number of aromatic nitrogens is 3. The first kappa shape index (κ1) is 15.0. The third-order valence-corrected chi connectivity index (χ3v) is 3.63. The second-order valence-corrected chi connectivity index (χ2v) is 5.16. The van der Waals surface area contributed by atoms with Crippen molar-refractivity contribution in [2.45, 2.75) is 12.7 Å². The molecule has 118 valence electrons. The molecule has 1 aromatic heterocycles. The Bertz CT molecular complexity index is 614. The third-order valence-electron chi connectivity index (χ3n) is 3.63. The van der Waals surface area contributed by atoms with Crippen molar-refractivity contribution in [1.82, 2.24) is 25.0 Å². The zero-order valence-corrected chi connectivity index (χ0v) is 11.8. The maximum absolute atomic E-state index is 12.6. The Morgan fingerprint density at radius 3 is 2.41 bits per heavy atom. The van der Waals surface area contributed by atoms with Crippen LogP contribution in [-0.2, 0) is 12.7 Å². The van der Waals surface area contributed by atoms with Crippen molar-refractivity contribution < 1.29 is 13.2 Å². The number of nitrogens with zero attached hydrogens (tertiary/aromatic N) is 4. The first-order chi connectivity index (χ1) is 10.5. The Morgan fingerprint density at radius 1 is 1.09 bits per heavy atom. The van der Waals surface area contributed by atoms with E-state index in [1.54, 1.807) is 4.68 Å². The van der Waals surface area contributed by atoms with Gasteiger partial charge >= 0.3 is 6.18 Å². The van der Waals surface area contributed by atoms with Crippen LogP contribution in [0, 0.1) is 0 Å². The quantitative estimate of drug-likeness (QED) is 0.937. The minimum atomic E-state index is -4.33. The van der Waals surface area contributed by atoms with Crippen LogP contribution in [0.1, 0.15) is 11.4 Å². The summed E-state index contributed by atoms with van der Waals surface area (Å²) < 4.78 is 39.4. The van der Waals surface area contributed by atoms with Crippen molar-refractivity contribution in [3.8, 4) is 5.69 Å². The van der Waals surface area contributed by atoms with Gasteiger partial charge in [0.2, 0.25) is 0 Å². The maximum atomic E-state index is 12.6. The molecule has 0 saturated carbocycles. The highest BCUT2D eigenvalue weighted by Gasteiger charge is 2.30. The van der Waals surface area contributed by atoms with Crippen molar-refractivity contribution in [2.75, 3.05) is 26.2 Å². The largest absolute Gasteiger partial charge is 0.416 e. The minimum Gasteiger partial charge on any atom is -0.314 e. The van der Waals surface area contributed by atoms with Gasteiger partial charge in [0.15, 0.2) is 0 Å². The molecule has 2 heterocycles. The summed E-state index contributed by atoms with van der Waals surface area (Å²) in [7, 11) is 0. The Morgan fingerprint density at radius 2 is 1.77 bits per heavy atom. The molecule has 1 N–H and O–H groups in total. The first-order valence-electron chi connectivity index (χ1n) is 7.03. The van der Waals surface area contributed by atoms with Gasteiger partial charge in [0.05, 0.1) is 17.8 Å². The molecular formula is C14H16F3N5. The lowest BCUT2D eigenvalue weighted by Gasteiger charge is -2.26. The van der Waals surface area contributed by atoms with Crippen molar-refractivity contribution >= 4 is 0 Å². The normalized spacial score (nSPS) is 16.9. The molecule has 0 atom stereocenters. The standard InChI is InChI=1S/C14H16F3N5/c15-14(16,17)11-1-3-12(4-2-11)22-13(19-10-20-22)9-21-7-5-18-6-8-21/h1-4,10,18H,5-9H2. The smallest absolute Gasteiger partial charge is 0.314 e. The molecule has 1 aromatic carbocycles. The van der Waals surface area contributed by atoms with Crippen molar-refractivity contribution in [3.63, 3.8) is 0 Å². The van der Waals surface area contributed by atoms with E-state index in [1.165, 1.54) is 18.5 Å². The Kier molecular flexibility index (Phi) is 4.12. The van der Waals surface area contributed by atoms with E-state index in [9.17, 15) is 13.2 Å². The molecule has 22 heavy (non-hydrogen) atoms. The van der Waals surface area contributed by atoms with Gasteiger partial charge in [-0.2, -0.15) is 18.3 Å². The topological polar surface area (TPSA) is 46.0 Å². The molecule has 1 aliphatic heterocycles. The average Bonchev–Trinajstić information content (AvgIpc) is 2.96. The van der Waals surface area contributed by atoms with Gasteiger partial charge in [0.1, 0.15) is 12.2 Å². The summed E-state index contributed by atoms with van der Waals surface area (Å²) in [6.45, 7) is 4.31. The molecule has 0 unspecified atom stereocenters. The highest BCUT2D eigenvalue weighted by molar-refractivity contribution is 5.35. The van der Waals surface area contributed by atoms with E-state index in [0.29, 0.717) is 12.2 Å². The second kappa shape index (κ2) is 6.05. The van der Waals surface area contributed by atoms with Crippen LogP contribution in [-0.4, -0.2) is 45.8 Å². The summed E-state index contributed by atoms with van der Waals surface area (Å²) in [5.41, 5.74) is -0.0874. The summed E-state index contributed by atoms with van der Waals surface area (Å²) in [6, 6.07) is 4.95. The number of alkyl halides is 3. The fourth-order valence-corrected chi connectivity index (χ4v) is 2.45. The van der Waals surface area contributed by atoms with Crippen LogP contribution in [0.3, 0.4) is 0 Å². The number of rotatable bonds is 3. The summed E-state index contributed by atoms with van der Waals surface area (Å²) in [4.78, 5) is 6.46. The summed E-state index contributed by atoms with van der Waals surface area (Å²) in [6.07, 6.45) is -2.90. The Labute approximate surface area is 125 Å². The predicted octanol–water partition coefficient (Wildman–Crippen LogP) is 1.69. The molecule has 3 rings (SSSR count). The lowest BCUT2D eigenvalue weighted by atomic mass is 10.2. The zero-order valence-electron chi connectivity index (χ0n) is 11.8. The summed E-state index contributed by atoms with van der Waals surface area (Å²) in [5, 5.41) is 7.40. The van der Waals surface area contributed by atoms with Gasteiger partial charge < -0.3 is 5.32 Å². The third kappa shape index (κ3) is 3.28. The van der Waals surface area contributed by atoms with E-state index >= 15 is 0 Å². The van der Waals surface area contributed by atoms with Crippen LogP contribution in [0.5, 0.6) is 0 Å². The van der Waals surface area contributed by atoms with Gasteiger partial charge in [-0.1, -0.05) is 0 Å². The molecule has 1 saturated heterocycles. The van der Waals surface area contributed by atoms with Crippen LogP contribution in [0.15, 0.2) is 30.6 Å². The lowest BCUT2D eigenvalue weighted by Crippen LogP contribution is -2.43. The first-order valence-corrected chi connectivity index (χ1v) is 7.03. The van der Waals surface area contributed by atoms with E-state index in [4.69, 9.17) is 0 Å². The molecule has 1 aliphatic rings. The average molecular weight is 311 g/mol. The van der Waals surface area contributed by atoms with Gasteiger partial charge in [-0.25, -0.2) is 9.67 Å². The molecule has 0 spiro atoms. The fourth-order valence-electron chi connectivity index (χ4n) is 2.45. The SMILES string of the molecule is FC(F)(F)c1ccc(-n2ncnc2CN2CCNCC2)cc1. The lowest BCUT2D eigenvalue weighted by molar-refractivity contribution is -0.137. The fraction of sp³-hybridized carbons (Fsp3) is 0.429. The van der Waals surface area contributed by atoms with Crippen molar-refractivity contribution in [1.29, 1.82) is 0 Å². The maximum Gasteiger partial charge on any atom is 0.416 e. The van der Waals surface area contributed by atoms with Gasteiger partial charge in [-0.05, 0) is 24.3 Å². The molecule has 0 amide bonds. The molecule has 1 fully saturated rings. The summed E-state index contributed by atoms with van der Waals surface area (Å²) >= 11 is 0. The highest BCUT2D eigenvalue weighted by atomic mass is 19.4. The molecule has 0 aliphatic carbocycles. The Balaban J connectivity index is 1.79. The van der Waals surface area contributed by atoms with E-state index in [0.717, 1.165) is 44.1 Å². The highest BCUT2D eigenvalue weighted by Crippen LogP contribution is 2.29. The van der Waals surface area contributed by atoms with Crippen LogP contribution < -0.4 is 5.32 Å². The number of hydrogen-bond acceptors (Lipinski definition) is 4. The second-order valence-electron chi connectivity index (χ2n) is 5.16. The predicted molar refractivity (Wildman–Crippen MR) is 74.5 cm³/mol. The number of nitrogens with one attached hydrogen (secondary N) is 1. The zero-order chi connectivity index (χ0) is 15.6. The van der Waals surface area contributed by atoms with Crippen LogP contribution in [0.2, 0.25) is 0 Å². The summed E-state index contributed by atoms with van der Waals surface area (Å²) in [5.74, 6) is 0.724. The molecule has 0 bridgehead atoms. The van der Waals surface area contributed by atoms with Gasteiger partial charge in [0.25, 0.3) is 0 Å². The molecular weight excluding hydrogens is 295 g/mol.